The van der Waals surface area contributed by atoms with Crippen molar-refractivity contribution in [2.75, 3.05) is 12.1 Å². The fraction of sp³-hybridized carbons (Fsp3) is 0.158. The van der Waals surface area contributed by atoms with Gasteiger partial charge in [0.05, 0.1) is 0 Å². The molecule has 0 atom stereocenters. The van der Waals surface area contributed by atoms with Gasteiger partial charge in [-0.25, -0.2) is 0 Å². The monoisotopic (exact) mass is 398 g/mol. The van der Waals surface area contributed by atoms with E-state index in [1.807, 2.05) is 38.1 Å². The van der Waals surface area contributed by atoms with Crippen molar-refractivity contribution in [1.29, 1.82) is 5.26 Å². The number of nitrogens with zero attached hydrogens (tertiary/aromatic N) is 1. The van der Waals surface area contributed by atoms with Gasteiger partial charge < -0.3 is 14.8 Å². The van der Waals surface area contributed by atoms with Gasteiger partial charge in [-0.2, -0.15) is 5.26 Å². The van der Waals surface area contributed by atoms with Gasteiger partial charge in [0.25, 0.3) is 5.91 Å². The van der Waals surface area contributed by atoms with Crippen molar-refractivity contribution in [2.24, 2.45) is 0 Å². The summed E-state index contributed by atoms with van der Waals surface area (Å²) in [4.78, 5) is 12.5. The first-order valence-electron chi connectivity index (χ1n) is 7.57. The number of halogens is 1. The van der Waals surface area contributed by atoms with E-state index in [-0.39, 0.29) is 12.4 Å². The fourth-order valence-corrected chi connectivity index (χ4v) is 2.93. The number of carbonyl (C=O) groups excluding carboxylic acids is 1. The van der Waals surface area contributed by atoms with Crippen LogP contribution in [0.15, 0.2) is 40.4 Å². The van der Waals surface area contributed by atoms with Crippen molar-refractivity contribution in [3.63, 3.8) is 0 Å². The molecule has 0 fully saturated rings. The van der Waals surface area contributed by atoms with Crippen molar-refractivity contribution in [2.45, 2.75) is 13.8 Å². The number of benzene rings is 2. The highest BCUT2D eigenvalue weighted by atomic mass is 79.9. The molecule has 25 heavy (non-hydrogen) atoms. The highest BCUT2D eigenvalue weighted by Crippen LogP contribution is 2.37. The Labute approximate surface area is 154 Å². The second-order valence-corrected chi connectivity index (χ2v) is 6.52. The van der Waals surface area contributed by atoms with Crippen LogP contribution in [0.4, 0.5) is 5.69 Å². The number of rotatable bonds is 3. The van der Waals surface area contributed by atoms with Gasteiger partial charge in [-0.3, -0.25) is 4.79 Å². The molecule has 1 aliphatic rings. The average molecular weight is 399 g/mol. The molecule has 0 unspecified atom stereocenters. The third-order valence-electron chi connectivity index (χ3n) is 3.79. The summed E-state index contributed by atoms with van der Waals surface area (Å²) in [5.41, 5.74) is 3.39. The maximum Gasteiger partial charge on any atom is 0.266 e. The van der Waals surface area contributed by atoms with Gasteiger partial charge in [-0.05, 0) is 49.2 Å². The fourth-order valence-electron chi connectivity index (χ4n) is 2.49. The molecule has 0 radical (unpaired) electrons. The van der Waals surface area contributed by atoms with Crippen molar-refractivity contribution >= 4 is 33.6 Å². The number of nitrogens with one attached hydrogen (secondary N) is 1. The van der Waals surface area contributed by atoms with E-state index in [0.717, 1.165) is 11.1 Å². The molecule has 2 aromatic rings. The number of carbonyl (C=O) groups is 1. The number of hydrogen-bond acceptors (Lipinski definition) is 4. The van der Waals surface area contributed by atoms with E-state index in [9.17, 15) is 10.1 Å². The number of ether oxygens (including phenoxy) is 2. The molecule has 1 amide bonds. The van der Waals surface area contributed by atoms with Crippen LogP contribution in [0, 0.1) is 25.2 Å². The number of nitriles is 1. The van der Waals surface area contributed by atoms with Crippen LogP contribution in [0.1, 0.15) is 16.7 Å². The molecule has 6 heteroatoms. The van der Waals surface area contributed by atoms with Crippen LogP contribution in [0.25, 0.3) is 6.08 Å². The van der Waals surface area contributed by atoms with Gasteiger partial charge in [0.1, 0.15) is 11.6 Å². The number of amides is 1. The topological polar surface area (TPSA) is 71.4 Å². The summed E-state index contributed by atoms with van der Waals surface area (Å²) in [6.07, 6.45) is 1.52. The van der Waals surface area contributed by atoms with E-state index in [4.69, 9.17) is 9.47 Å². The van der Waals surface area contributed by atoms with Gasteiger partial charge >= 0.3 is 0 Å². The number of fused-ring (bicyclic) bond motifs is 1. The lowest BCUT2D eigenvalue weighted by Crippen LogP contribution is -2.14. The lowest BCUT2D eigenvalue weighted by atomic mass is 10.1. The molecule has 1 aliphatic heterocycles. The van der Waals surface area contributed by atoms with Gasteiger partial charge in [0, 0.05) is 10.2 Å². The first-order valence-corrected chi connectivity index (χ1v) is 8.37. The minimum Gasteiger partial charge on any atom is -0.454 e. The lowest BCUT2D eigenvalue weighted by Gasteiger charge is -2.09. The molecule has 0 saturated carbocycles. The Hall–Kier alpha value is -2.78. The van der Waals surface area contributed by atoms with E-state index < -0.39 is 5.91 Å². The summed E-state index contributed by atoms with van der Waals surface area (Å²) in [7, 11) is 0. The molecule has 3 rings (SSSR count). The maximum atomic E-state index is 12.5. The summed E-state index contributed by atoms with van der Waals surface area (Å²) >= 11 is 3.42. The predicted molar refractivity (Wildman–Crippen MR) is 98.4 cm³/mol. The number of aryl methyl sites for hydroxylation is 2. The highest BCUT2D eigenvalue weighted by Gasteiger charge is 2.17. The largest absolute Gasteiger partial charge is 0.454 e. The lowest BCUT2D eigenvalue weighted by molar-refractivity contribution is -0.112. The Morgan fingerprint density at radius 3 is 2.64 bits per heavy atom. The minimum atomic E-state index is -0.459. The van der Waals surface area contributed by atoms with Crippen LogP contribution in [-0.2, 0) is 4.79 Å². The highest BCUT2D eigenvalue weighted by molar-refractivity contribution is 9.10. The Morgan fingerprint density at radius 2 is 1.96 bits per heavy atom. The zero-order valence-corrected chi connectivity index (χ0v) is 15.3. The minimum absolute atomic E-state index is 0.000426. The standard InChI is InChI=1S/C19H15BrN2O3/c1-11-3-4-16(12(2)5-11)22-19(23)14(9-21)6-13-7-17-18(8-15(13)20)25-10-24-17/h3-8H,10H2,1-2H3,(H,22,23)/b14-6+. The van der Waals surface area contributed by atoms with Crippen LogP contribution in [0.3, 0.4) is 0 Å². The smallest absolute Gasteiger partial charge is 0.266 e. The molecule has 0 bridgehead atoms. The van der Waals surface area contributed by atoms with Gasteiger partial charge in [0.2, 0.25) is 6.79 Å². The predicted octanol–water partition coefficient (Wildman–Crippen LogP) is 4.34. The van der Waals surface area contributed by atoms with Gasteiger partial charge in [-0.1, -0.05) is 33.6 Å². The van der Waals surface area contributed by atoms with Gasteiger partial charge in [-0.15, -0.1) is 0 Å². The van der Waals surface area contributed by atoms with Crippen LogP contribution in [-0.4, -0.2) is 12.7 Å². The summed E-state index contributed by atoms with van der Waals surface area (Å²) in [6.45, 7) is 4.05. The summed E-state index contributed by atoms with van der Waals surface area (Å²) in [6, 6.07) is 11.1. The Morgan fingerprint density at radius 1 is 1.24 bits per heavy atom. The molecule has 0 saturated heterocycles. The molecular formula is C19H15BrN2O3. The molecule has 1 heterocycles. The van der Waals surface area contributed by atoms with Gasteiger partial charge in [0.15, 0.2) is 11.5 Å². The normalized spacial score (nSPS) is 12.6. The Balaban J connectivity index is 1.88. The molecule has 0 aromatic heterocycles. The molecule has 1 N–H and O–H groups in total. The SMILES string of the molecule is Cc1ccc(NC(=O)/C(C#N)=C/c2cc3c(cc2Br)OCO3)c(C)c1. The van der Waals surface area contributed by atoms with E-state index in [2.05, 4.69) is 21.2 Å². The third-order valence-corrected chi connectivity index (χ3v) is 4.47. The summed E-state index contributed by atoms with van der Waals surface area (Å²) in [5, 5.41) is 12.2. The Kier molecular flexibility index (Phi) is 4.77. The quantitative estimate of drug-likeness (QED) is 0.616. The first-order chi connectivity index (χ1) is 12.0. The van der Waals surface area contributed by atoms with E-state index >= 15 is 0 Å². The van der Waals surface area contributed by atoms with E-state index in [1.165, 1.54) is 6.08 Å². The second kappa shape index (κ2) is 6.99. The second-order valence-electron chi connectivity index (χ2n) is 5.67. The first kappa shape index (κ1) is 17.1. The molecule has 5 nitrogen and oxygen atoms in total. The van der Waals surface area contributed by atoms with Crippen molar-refractivity contribution in [3.05, 3.63) is 57.1 Å². The zero-order chi connectivity index (χ0) is 18.0. The maximum absolute atomic E-state index is 12.5. The average Bonchev–Trinajstić information content (AvgIpc) is 3.02. The van der Waals surface area contributed by atoms with Crippen molar-refractivity contribution in [1.82, 2.24) is 0 Å². The molecule has 0 spiro atoms. The zero-order valence-electron chi connectivity index (χ0n) is 13.7. The van der Waals surface area contributed by atoms with Crippen molar-refractivity contribution in [3.8, 4) is 17.6 Å². The molecule has 2 aromatic carbocycles. The van der Waals surface area contributed by atoms with Crippen LogP contribution in [0.5, 0.6) is 11.5 Å². The van der Waals surface area contributed by atoms with Crippen LogP contribution < -0.4 is 14.8 Å². The van der Waals surface area contributed by atoms with E-state index in [1.54, 1.807) is 12.1 Å². The van der Waals surface area contributed by atoms with Crippen LogP contribution >= 0.6 is 15.9 Å². The van der Waals surface area contributed by atoms with Crippen molar-refractivity contribution < 1.29 is 14.3 Å². The molecule has 126 valence electrons. The third kappa shape index (κ3) is 3.67. The Bertz CT molecular complexity index is 929. The van der Waals surface area contributed by atoms with E-state index in [0.29, 0.717) is 27.2 Å². The number of hydrogen-bond donors (Lipinski definition) is 1. The number of anilines is 1. The van der Waals surface area contributed by atoms with Crippen LogP contribution in [0.2, 0.25) is 0 Å². The summed E-state index contributed by atoms with van der Waals surface area (Å²) in [5.74, 6) is 0.753. The summed E-state index contributed by atoms with van der Waals surface area (Å²) < 4.78 is 11.3. The molecule has 0 aliphatic carbocycles. The molecular weight excluding hydrogens is 384 g/mol.